The van der Waals surface area contributed by atoms with Gasteiger partial charge in [-0.05, 0) is 37.1 Å². The normalized spacial score (nSPS) is 10.7. The zero-order chi connectivity index (χ0) is 16.7. The summed E-state index contributed by atoms with van der Waals surface area (Å²) in [7, 11) is 0. The van der Waals surface area contributed by atoms with Crippen LogP contribution in [0.25, 0.3) is 0 Å². The van der Waals surface area contributed by atoms with E-state index in [9.17, 15) is 4.79 Å². The van der Waals surface area contributed by atoms with Crippen LogP contribution in [0.4, 0.5) is 5.69 Å². The number of carbonyl (C=O) groups excluding carboxylic acids is 1. The summed E-state index contributed by atoms with van der Waals surface area (Å²) in [5, 5.41) is 11.8. The number of aromatic nitrogens is 3. The highest BCUT2D eigenvalue weighted by Gasteiger charge is 2.10. The second kappa shape index (κ2) is 9.08. The predicted octanol–water partition coefficient (Wildman–Crippen LogP) is 4.27. The van der Waals surface area contributed by atoms with Crippen LogP contribution in [0.5, 0.6) is 0 Å². The van der Waals surface area contributed by atoms with E-state index in [1.807, 2.05) is 29.7 Å². The molecular formula is C16H21BrN4OS. The number of benzene rings is 1. The molecule has 1 amide bonds. The fourth-order valence-electron chi connectivity index (χ4n) is 2.13. The van der Waals surface area contributed by atoms with E-state index in [0.29, 0.717) is 5.75 Å². The molecule has 1 N–H and O–H groups in total. The highest BCUT2D eigenvalue weighted by molar-refractivity contribution is 9.10. The number of anilines is 1. The lowest BCUT2D eigenvalue weighted by molar-refractivity contribution is -0.113. The Bertz CT molecular complexity index is 659. The maximum atomic E-state index is 12.1. The predicted molar refractivity (Wildman–Crippen MR) is 97.8 cm³/mol. The highest BCUT2D eigenvalue weighted by atomic mass is 79.9. The van der Waals surface area contributed by atoms with E-state index in [-0.39, 0.29) is 5.91 Å². The van der Waals surface area contributed by atoms with Crippen molar-refractivity contribution in [2.24, 2.45) is 0 Å². The summed E-state index contributed by atoms with van der Waals surface area (Å²) in [6.07, 6.45) is 5.20. The molecule has 0 aliphatic carbocycles. The lowest BCUT2D eigenvalue weighted by Gasteiger charge is -2.09. The zero-order valence-corrected chi connectivity index (χ0v) is 15.8. The number of rotatable bonds is 8. The van der Waals surface area contributed by atoms with Crippen LogP contribution in [0.1, 0.15) is 31.7 Å². The van der Waals surface area contributed by atoms with Crippen LogP contribution in [-0.4, -0.2) is 26.4 Å². The van der Waals surface area contributed by atoms with Gasteiger partial charge >= 0.3 is 0 Å². The summed E-state index contributed by atoms with van der Waals surface area (Å²) >= 11 is 4.83. The minimum atomic E-state index is -0.0384. The Morgan fingerprint density at radius 3 is 2.96 bits per heavy atom. The van der Waals surface area contributed by atoms with E-state index < -0.39 is 0 Å². The van der Waals surface area contributed by atoms with Crippen molar-refractivity contribution in [3.63, 3.8) is 0 Å². The first-order chi connectivity index (χ1) is 11.1. The van der Waals surface area contributed by atoms with Gasteiger partial charge in [-0.3, -0.25) is 4.79 Å². The summed E-state index contributed by atoms with van der Waals surface area (Å²) in [6, 6.07) is 5.79. The van der Waals surface area contributed by atoms with Crippen LogP contribution in [0, 0.1) is 6.92 Å². The van der Waals surface area contributed by atoms with Gasteiger partial charge in [-0.25, -0.2) is 0 Å². The first kappa shape index (κ1) is 18.0. The standard InChI is InChI=1S/C16H21BrN4OS/c1-3-4-5-8-21-11-18-20-16(21)23-10-15(22)19-14-7-6-13(17)9-12(14)2/h6-7,9,11H,3-5,8,10H2,1-2H3,(H,19,22). The Morgan fingerprint density at radius 2 is 2.22 bits per heavy atom. The topological polar surface area (TPSA) is 59.8 Å². The smallest absolute Gasteiger partial charge is 0.234 e. The Labute approximate surface area is 149 Å². The molecule has 2 aromatic rings. The number of nitrogens with zero attached hydrogens (tertiary/aromatic N) is 3. The number of unbranched alkanes of at least 4 members (excludes halogenated alkanes) is 2. The maximum absolute atomic E-state index is 12.1. The van der Waals surface area contributed by atoms with Gasteiger partial charge in [0.2, 0.25) is 5.91 Å². The molecule has 0 saturated carbocycles. The molecule has 0 atom stereocenters. The van der Waals surface area contributed by atoms with E-state index in [1.165, 1.54) is 24.6 Å². The van der Waals surface area contributed by atoms with Crippen LogP contribution in [0.15, 0.2) is 34.2 Å². The number of carbonyl (C=O) groups is 1. The molecule has 124 valence electrons. The van der Waals surface area contributed by atoms with E-state index in [4.69, 9.17) is 0 Å². The number of aryl methyl sites for hydroxylation is 2. The second-order valence-corrected chi connectivity index (χ2v) is 7.17. The molecule has 0 radical (unpaired) electrons. The SMILES string of the molecule is CCCCCn1cnnc1SCC(=O)Nc1ccc(Br)cc1C. The summed E-state index contributed by atoms with van der Waals surface area (Å²) in [6.45, 7) is 5.05. The van der Waals surface area contributed by atoms with E-state index in [1.54, 1.807) is 6.33 Å². The molecule has 0 bridgehead atoms. The van der Waals surface area contributed by atoms with Crippen molar-refractivity contribution < 1.29 is 4.79 Å². The van der Waals surface area contributed by atoms with Crippen molar-refractivity contribution in [1.29, 1.82) is 0 Å². The Hall–Kier alpha value is -1.34. The third-order valence-corrected chi connectivity index (χ3v) is 4.85. The van der Waals surface area contributed by atoms with Gasteiger partial charge < -0.3 is 9.88 Å². The van der Waals surface area contributed by atoms with Crippen molar-refractivity contribution in [3.8, 4) is 0 Å². The molecular weight excluding hydrogens is 376 g/mol. The summed E-state index contributed by atoms with van der Waals surface area (Å²) < 4.78 is 3.01. The molecule has 0 saturated heterocycles. The van der Waals surface area contributed by atoms with Crippen molar-refractivity contribution in [2.45, 2.75) is 44.8 Å². The fraction of sp³-hybridized carbons (Fsp3) is 0.438. The Balaban J connectivity index is 1.86. The summed E-state index contributed by atoms with van der Waals surface area (Å²) in [5.41, 5.74) is 1.86. The number of thioether (sulfide) groups is 1. The van der Waals surface area contributed by atoms with Gasteiger partial charge in [-0.2, -0.15) is 0 Å². The summed E-state index contributed by atoms with van der Waals surface area (Å²) in [5.74, 6) is 0.283. The minimum Gasteiger partial charge on any atom is -0.325 e. The molecule has 0 aliphatic rings. The largest absolute Gasteiger partial charge is 0.325 e. The average Bonchev–Trinajstić information content (AvgIpc) is 2.96. The quantitative estimate of drug-likeness (QED) is 0.534. The third kappa shape index (κ3) is 5.66. The molecule has 0 aliphatic heterocycles. The molecule has 23 heavy (non-hydrogen) atoms. The maximum Gasteiger partial charge on any atom is 0.234 e. The van der Waals surface area contributed by atoms with Crippen LogP contribution in [0.2, 0.25) is 0 Å². The van der Waals surface area contributed by atoms with Gasteiger partial charge in [0.05, 0.1) is 5.75 Å². The van der Waals surface area contributed by atoms with Crippen LogP contribution in [-0.2, 0) is 11.3 Å². The molecule has 1 aromatic heterocycles. The molecule has 1 heterocycles. The number of hydrogen-bond acceptors (Lipinski definition) is 4. The Kier molecular flexibility index (Phi) is 7.11. The molecule has 0 fully saturated rings. The van der Waals surface area contributed by atoms with Gasteiger partial charge in [0.1, 0.15) is 6.33 Å². The molecule has 2 rings (SSSR count). The van der Waals surface area contributed by atoms with E-state index >= 15 is 0 Å². The lowest BCUT2D eigenvalue weighted by atomic mass is 10.2. The van der Waals surface area contributed by atoms with Gasteiger partial charge in [0.25, 0.3) is 0 Å². The second-order valence-electron chi connectivity index (χ2n) is 5.31. The number of amides is 1. The first-order valence-electron chi connectivity index (χ1n) is 7.66. The van der Waals surface area contributed by atoms with Crippen LogP contribution in [0.3, 0.4) is 0 Å². The molecule has 0 spiro atoms. The lowest BCUT2D eigenvalue weighted by Crippen LogP contribution is -2.15. The molecule has 1 aromatic carbocycles. The molecule has 7 heteroatoms. The van der Waals surface area contributed by atoms with Crippen molar-refractivity contribution in [3.05, 3.63) is 34.6 Å². The van der Waals surface area contributed by atoms with E-state index in [2.05, 4.69) is 38.4 Å². The molecule has 0 unspecified atom stereocenters. The van der Waals surface area contributed by atoms with E-state index in [0.717, 1.165) is 33.8 Å². The first-order valence-corrected chi connectivity index (χ1v) is 9.44. The van der Waals surface area contributed by atoms with Gasteiger partial charge in [-0.15, -0.1) is 10.2 Å². The molecule has 5 nitrogen and oxygen atoms in total. The van der Waals surface area contributed by atoms with Crippen molar-refractivity contribution in [1.82, 2.24) is 14.8 Å². The van der Waals surface area contributed by atoms with Gasteiger partial charge in [0, 0.05) is 16.7 Å². The monoisotopic (exact) mass is 396 g/mol. The number of halogens is 1. The third-order valence-electron chi connectivity index (χ3n) is 3.38. The average molecular weight is 397 g/mol. The number of nitrogens with one attached hydrogen (secondary N) is 1. The highest BCUT2D eigenvalue weighted by Crippen LogP contribution is 2.21. The zero-order valence-electron chi connectivity index (χ0n) is 13.4. The van der Waals surface area contributed by atoms with Crippen LogP contribution < -0.4 is 5.32 Å². The van der Waals surface area contributed by atoms with Crippen molar-refractivity contribution >= 4 is 39.3 Å². The minimum absolute atomic E-state index is 0.0384. The summed E-state index contributed by atoms with van der Waals surface area (Å²) in [4.78, 5) is 12.1. The van der Waals surface area contributed by atoms with Gasteiger partial charge in [-0.1, -0.05) is 47.5 Å². The fourth-order valence-corrected chi connectivity index (χ4v) is 3.34. The van der Waals surface area contributed by atoms with Crippen LogP contribution >= 0.6 is 27.7 Å². The Morgan fingerprint density at radius 1 is 1.39 bits per heavy atom. The van der Waals surface area contributed by atoms with Gasteiger partial charge in [0.15, 0.2) is 5.16 Å². The number of hydrogen-bond donors (Lipinski definition) is 1. The van der Waals surface area contributed by atoms with Crippen molar-refractivity contribution in [2.75, 3.05) is 11.1 Å².